The molecule has 1 saturated carbocycles. The van der Waals surface area contributed by atoms with Crippen LogP contribution in [0.3, 0.4) is 0 Å². The van der Waals surface area contributed by atoms with Crippen LogP contribution in [0.2, 0.25) is 0 Å². The van der Waals surface area contributed by atoms with E-state index in [4.69, 9.17) is 5.73 Å². The zero-order chi connectivity index (χ0) is 13.4. The summed E-state index contributed by atoms with van der Waals surface area (Å²) in [6, 6.07) is -0.165. The van der Waals surface area contributed by atoms with Crippen LogP contribution in [0.25, 0.3) is 0 Å². The molecule has 1 aliphatic carbocycles. The highest BCUT2D eigenvalue weighted by atomic mass is 16.2. The summed E-state index contributed by atoms with van der Waals surface area (Å²) >= 11 is 0. The molecule has 6 heteroatoms. The fraction of sp³-hybridized carbons (Fsp3) is 0.833. The average molecular weight is 256 g/mol. The second-order valence-electron chi connectivity index (χ2n) is 4.88. The summed E-state index contributed by atoms with van der Waals surface area (Å²) in [5.41, 5.74) is 5.38. The summed E-state index contributed by atoms with van der Waals surface area (Å²) < 4.78 is 0. The molecule has 1 aliphatic rings. The van der Waals surface area contributed by atoms with Crippen LogP contribution < -0.4 is 16.4 Å². The van der Waals surface area contributed by atoms with E-state index >= 15 is 0 Å². The maximum atomic E-state index is 11.6. The Kier molecular flexibility index (Phi) is 6.67. The molecule has 3 amide bonds. The zero-order valence-corrected chi connectivity index (χ0v) is 11.1. The van der Waals surface area contributed by atoms with Crippen LogP contribution >= 0.6 is 0 Å². The molecule has 1 rings (SSSR count). The molecule has 104 valence electrons. The first-order valence-electron chi connectivity index (χ1n) is 6.60. The lowest BCUT2D eigenvalue weighted by Crippen LogP contribution is -2.47. The summed E-state index contributed by atoms with van der Waals surface area (Å²) in [5, 5.41) is 5.19. The second-order valence-corrected chi connectivity index (χ2v) is 4.88. The molecular formula is C12H24N4O2. The maximum absolute atomic E-state index is 11.6. The van der Waals surface area contributed by atoms with Crippen LogP contribution in [-0.4, -0.2) is 49.6 Å². The number of hydrogen-bond donors (Lipinski definition) is 3. The quantitative estimate of drug-likeness (QED) is 0.648. The summed E-state index contributed by atoms with van der Waals surface area (Å²) in [7, 11) is 1.80. The molecule has 0 saturated heterocycles. The lowest BCUT2D eigenvalue weighted by atomic mass is 9.96. The topological polar surface area (TPSA) is 87.5 Å². The number of rotatable bonds is 5. The van der Waals surface area contributed by atoms with Gasteiger partial charge in [-0.1, -0.05) is 19.3 Å². The molecule has 0 bridgehead atoms. The van der Waals surface area contributed by atoms with Gasteiger partial charge in [0.15, 0.2) is 0 Å². The van der Waals surface area contributed by atoms with Gasteiger partial charge in [-0.25, -0.2) is 4.79 Å². The summed E-state index contributed by atoms with van der Waals surface area (Å²) in [5.74, 6) is -0.292. The van der Waals surface area contributed by atoms with Crippen molar-refractivity contribution < 1.29 is 9.59 Å². The number of nitrogens with one attached hydrogen (secondary N) is 2. The van der Waals surface area contributed by atoms with Gasteiger partial charge in [-0.05, 0) is 19.9 Å². The van der Waals surface area contributed by atoms with E-state index in [9.17, 15) is 9.59 Å². The van der Waals surface area contributed by atoms with Crippen LogP contribution in [-0.2, 0) is 4.79 Å². The maximum Gasteiger partial charge on any atom is 0.321 e. The molecule has 0 aliphatic heterocycles. The molecule has 0 atom stereocenters. The van der Waals surface area contributed by atoms with Gasteiger partial charge in [-0.2, -0.15) is 0 Å². The predicted molar refractivity (Wildman–Crippen MR) is 70.1 cm³/mol. The summed E-state index contributed by atoms with van der Waals surface area (Å²) in [6.45, 7) is 1.32. The first-order valence-corrected chi connectivity index (χ1v) is 6.60. The van der Waals surface area contributed by atoms with Gasteiger partial charge in [-0.15, -0.1) is 0 Å². The zero-order valence-electron chi connectivity index (χ0n) is 11.1. The molecule has 0 heterocycles. The van der Waals surface area contributed by atoms with E-state index in [1.165, 1.54) is 6.42 Å². The van der Waals surface area contributed by atoms with Gasteiger partial charge in [0.05, 0.1) is 6.54 Å². The molecule has 0 unspecified atom stereocenters. The van der Waals surface area contributed by atoms with Gasteiger partial charge in [0.1, 0.15) is 0 Å². The van der Waals surface area contributed by atoms with Crippen molar-refractivity contribution in [1.82, 2.24) is 15.5 Å². The van der Waals surface area contributed by atoms with E-state index in [1.54, 1.807) is 11.9 Å². The molecule has 1 fully saturated rings. The Balaban J connectivity index is 2.20. The van der Waals surface area contributed by atoms with Crippen molar-refractivity contribution in [1.29, 1.82) is 0 Å². The van der Waals surface area contributed by atoms with Crippen molar-refractivity contribution in [3.8, 4) is 0 Å². The Bertz CT molecular complexity index is 277. The van der Waals surface area contributed by atoms with Crippen molar-refractivity contribution in [3.05, 3.63) is 0 Å². The molecule has 0 aromatic rings. The van der Waals surface area contributed by atoms with Crippen LogP contribution in [0.15, 0.2) is 0 Å². The Morgan fingerprint density at radius 1 is 1.28 bits per heavy atom. The standard InChI is InChI=1S/C12H24N4O2/c1-16(8-7-13)9-11(17)15-12(18)14-10-5-3-2-4-6-10/h10H,2-9,13H2,1H3,(H2,14,15,17,18). The number of carbonyl (C=O) groups is 2. The molecule has 0 aromatic carbocycles. The Morgan fingerprint density at radius 2 is 1.94 bits per heavy atom. The van der Waals surface area contributed by atoms with Crippen molar-refractivity contribution in [2.45, 2.75) is 38.1 Å². The fourth-order valence-corrected chi connectivity index (χ4v) is 2.18. The van der Waals surface area contributed by atoms with E-state index in [1.807, 2.05) is 0 Å². The van der Waals surface area contributed by atoms with Gasteiger partial charge < -0.3 is 11.1 Å². The Labute approximate surface area is 108 Å². The van der Waals surface area contributed by atoms with Crippen LogP contribution in [0.4, 0.5) is 4.79 Å². The van der Waals surface area contributed by atoms with E-state index in [0.717, 1.165) is 25.7 Å². The molecule has 0 radical (unpaired) electrons. The number of imide groups is 1. The van der Waals surface area contributed by atoms with E-state index in [-0.39, 0.29) is 24.5 Å². The Morgan fingerprint density at radius 3 is 2.56 bits per heavy atom. The van der Waals surface area contributed by atoms with Crippen LogP contribution in [0.1, 0.15) is 32.1 Å². The van der Waals surface area contributed by atoms with Crippen molar-refractivity contribution in [2.24, 2.45) is 5.73 Å². The minimum Gasteiger partial charge on any atom is -0.335 e. The largest absolute Gasteiger partial charge is 0.335 e. The number of likely N-dealkylation sites (N-methyl/N-ethyl adjacent to an activating group) is 1. The number of amides is 3. The minimum atomic E-state index is -0.381. The van der Waals surface area contributed by atoms with E-state index < -0.39 is 0 Å². The number of hydrogen-bond acceptors (Lipinski definition) is 4. The van der Waals surface area contributed by atoms with Crippen molar-refractivity contribution in [3.63, 3.8) is 0 Å². The molecule has 4 N–H and O–H groups in total. The number of nitrogens with two attached hydrogens (primary N) is 1. The number of urea groups is 1. The van der Waals surface area contributed by atoms with E-state index in [0.29, 0.717) is 13.1 Å². The van der Waals surface area contributed by atoms with Gasteiger partial charge in [-0.3, -0.25) is 15.0 Å². The van der Waals surface area contributed by atoms with Gasteiger partial charge in [0.2, 0.25) is 5.91 Å². The summed E-state index contributed by atoms with van der Waals surface area (Å²) in [4.78, 5) is 24.9. The average Bonchev–Trinajstić information content (AvgIpc) is 2.29. The molecule has 6 nitrogen and oxygen atoms in total. The SMILES string of the molecule is CN(CCN)CC(=O)NC(=O)NC1CCCCC1. The van der Waals surface area contributed by atoms with Crippen molar-refractivity contribution in [2.75, 3.05) is 26.7 Å². The fourth-order valence-electron chi connectivity index (χ4n) is 2.18. The lowest BCUT2D eigenvalue weighted by molar-refractivity contribution is -0.120. The third-order valence-electron chi connectivity index (χ3n) is 3.12. The smallest absolute Gasteiger partial charge is 0.321 e. The number of carbonyl (C=O) groups excluding carboxylic acids is 2. The Hall–Kier alpha value is -1.14. The van der Waals surface area contributed by atoms with Crippen molar-refractivity contribution >= 4 is 11.9 Å². The number of nitrogens with zero attached hydrogens (tertiary/aromatic N) is 1. The normalized spacial score (nSPS) is 16.6. The molecule has 0 spiro atoms. The third-order valence-corrected chi connectivity index (χ3v) is 3.12. The van der Waals surface area contributed by atoms with Crippen LogP contribution in [0.5, 0.6) is 0 Å². The van der Waals surface area contributed by atoms with Gasteiger partial charge in [0, 0.05) is 19.1 Å². The van der Waals surface area contributed by atoms with Gasteiger partial charge >= 0.3 is 6.03 Å². The molecule has 18 heavy (non-hydrogen) atoms. The highest BCUT2D eigenvalue weighted by Gasteiger charge is 2.17. The van der Waals surface area contributed by atoms with Gasteiger partial charge in [0.25, 0.3) is 0 Å². The minimum absolute atomic E-state index is 0.190. The lowest BCUT2D eigenvalue weighted by Gasteiger charge is -2.23. The van der Waals surface area contributed by atoms with Crippen LogP contribution in [0, 0.1) is 0 Å². The predicted octanol–water partition coefficient (Wildman–Crippen LogP) is 0.0354. The molecule has 0 aromatic heterocycles. The first kappa shape index (κ1) is 14.9. The monoisotopic (exact) mass is 256 g/mol. The third kappa shape index (κ3) is 5.97. The first-order chi connectivity index (χ1) is 8.61. The molecular weight excluding hydrogens is 232 g/mol. The highest BCUT2D eigenvalue weighted by molar-refractivity contribution is 5.95. The van der Waals surface area contributed by atoms with E-state index in [2.05, 4.69) is 10.6 Å². The summed E-state index contributed by atoms with van der Waals surface area (Å²) in [6.07, 6.45) is 5.56. The highest BCUT2D eigenvalue weighted by Crippen LogP contribution is 2.16. The second kappa shape index (κ2) is 8.05.